The van der Waals surface area contributed by atoms with Crippen LogP contribution in [0, 0.1) is 0 Å². The number of nitrogens with one attached hydrogen (secondary N) is 2. The van der Waals surface area contributed by atoms with E-state index < -0.39 is 0 Å². The quantitative estimate of drug-likeness (QED) is 0.462. The predicted molar refractivity (Wildman–Crippen MR) is 113 cm³/mol. The maximum absolute atomic E-state index is 5.57. The van der Waals surface area contributed by atoms with Crippen molar-refractivity contribution in [2.45, 2.75) is 20.3 Å². The summed E-state index contributed by atoms with van der Waals surface area (Å²) < 4.78 is 13.0. The fourth-order valence-corrected chi connectivity index (χ4v) is 2.85. The zero-order chi connectivity index (χ0) is 19.8. The highest BCUT2D eigenvalue weighted by Gasteiger charge is 2.07. The Morgan fingerprint density at radius 1 is 1.18 bits per heavy atom. The van der Waals surface area contributed by atoms with Crippen LogP contribution in [0.1, 0.15) is 19.5 Å². The van der Waals surface area contributed by atoms with Crippen LogP contribution in [0.4, 0.5) is 5.69 Å². The Hall–Kier alpha value is -3.22. The van der Waals surface area contributed by atoms with Gasteiger partial charge in [0.2, 0.25) is 0 Å². The molecule has 7 nitrogen and oxygen atoms in total. The molecule has 0 bridgehead atoms. The fraction of sp³-hybridized carbons (Fsp3) is 0.333. The van der Waals surface area contributed by atoms with Crippen molar-refractivity contribution in [3.05, 3.63) is 54.5 Å². The van der Waals surface area contributed by atoms with Crippen LogP contribution in [-0.4, -0.2) is 42.2 Å². The summed E-state index contributed by atoms with van der Waals surface area (Å²) in [6.07, 6.45) is 4.81. The molecule has 1 aromatic carbocycles. The summed E-state index contributed by atoms with van der Waals surface area (Å²) in [6.45, 7) is 5.99. The van der Waals surface area contributed by atoms with E-state index in [1.165, 1.54) is 0 Å². The molecule has 0 unspecified atom stereocenters. The van der Waals surface area contributed by atoms with Crippen LogP contribution in [0.2, 0.25) is 0 Å². The average Bonchev–Trinajstić information content (AvgIpc) is 3.12. The Labute approximate surface area is 165 Å². The third kappa shape index (κ3) is 4.94. The minimum absolute atomic E-state index is 0.594. The lowest BCUT2D eigenvalue weighted by atomic mass is 10.2. The summed E-state index contributed by atoms with van der Waals surface area (Å²) in [5.41, 5.74) is 2.86. The molecule has 0 radical (unpaired) electrons. The van der Waals surface area contributed by atoms with Crippen molar-refractivity contribution in [1.82, 2.24) is 14.7 Å². The van der Waals surface area contributed by atoms with Crippen molar-refractivity contribution in [3.63, 3.8) is 0 Å². The lowest BCUT2D eigenvalue weighted by molar-refractivity contribution is 0.311. The maximum atomic E-state index is 5.57. The largest absolute Gasteiger partial charge is 0.493 e. The molecule has 0 atom stereocenters. The smallest absolute Gasteiger partial charge is 0.195 e. The molecule has 7 heteroatoms. The molecule has 0 aliphatic carbocycles. The van der Waals surface area contributed by atoms with Gasteiger partial charge in [0.25, 0.3) is 0 Å². The number of ether oxygens (including phenoxy) is 2. The molecule has 3 rings (SSSR count). The first-order chi connectivity index (χ1) is 13.7. The number of aliphatic imine (C=N–C) groups is 1. The minimum Gasteiger partial charge on any atom is -0.493 e. The van der Waals surface area contributed by atoms with E-state index in [2.05, 4.69) is 20.6 Å². The van der Waals surface area contributed by atoms with Gasteiger partial charge in [0, 0.05) is 43.7 Å². The molecule has 2 aromatic heterocycles. The van der Waals surface area contributed by atoms with Gasteiger partial charge in [-0.25, -0.2) is 4.98 Å². The number of guanidine groups is 1. The van der Waals surface area contributed by atoms with Gasteiger partial charge in [0.15, 0.2) is 17.5 Å². The topological polar surface area (TPSA) is 72.2 Å². The number of aromatic nitrogens is 2. The SMILES string of the molecule is CCNC(=NCCc1cn2ccccc2n1)Nc1ccc(OCC)c(OC)c1. The van der Waals surface area contributed by atoms with Gasteiger partial charge in [-0.1, -0.05) is 6.07 Å². The highest BCUT2D eigenvalue weighted by atomic mass is 16.5. The normalized spacial score (nSPS) is 11.5. The zero-order valence-corrected chi connectivity index (χ0v) is 16.6. The van der Waals surface area contributed by atoms with E-state index in [0.717, 1.165) is 41.7 Å². The summed E-state index contributed by atoms with van der Waals surface area (Å²) in [7, 11) is 1.63. The minimum atomic E-state index is 0.594. The van der Waals surface area contributed by atoms with Gasteiger partial charge in [-0.2, -0.15) is 0 Å². The number of imidazole rings is 1. The van der Waals surface area contributed by atoms with E-state index in [1.54, 1.807) is 7.11 Å². The van der Waals surface area contributed by atoms with Crippen LogP contribution in [0.25, 0.3) is 5.65 Å². The monoisotopic (exact) mass is 381 g/mol. The highest BCUT2D eigenvalue weighted by Crippen LogP contribution is 2.30. The number of anilines is 1. The molecule has 148 valence electrons. The molecule has 0 aliphatic heterocycles. The summed E-state index contributed by atoms with van der Waals surface area (Å²) in [5, 5.41) is 6.58. The number of benzene rings is 1. The van der Waals surface area contributed by atoms with Gasteiger partial charge in [-0.15, -0.1) is 0 Å². The van der Waals surface area contributed by atoms with Gasteiger partial charge in [0.05, 0.1) is 19.4 Å². The Morgan fingerprint density at radius 2 is 2.07 bits per heavy atom. The summed E-state index contributed by atoms with van der Waals surface area (Å²) in [5.74, 6) is 2.13. The molecule has 2 heterocycles. The number of hydrogen-bond acceptors (Lipinski definition) is 4. The number of rotatable bonds is 8. The van der Waals surface area contributed by atoms with E-state index in [4.69, 9.17) is 9.47 Å². The van der Waals surface area contributed by atoms with Gasteiger partial charge < -0.3 is 24.5 Å². The van der Waals surface area contributed by atoms with Crippen LogP contribution < -0.4 is 20.1 Å². The van der Waals surface area contributed by atoms with Crippen LogP contribution in [0.5, 0.6) is 11.5 Å². The standard InChI is InChI=1S/C21H27N5O2/c1-4-22-21(25-16-9-10-18(28-5-2)19(14-16)27-3)23-12-11-17-15-26-13-7-6-8-20(26)24-17/h6-10,13-15H,4-5,11-12H2,1-3H3,(H2,22,23,25). The fourth-order valence-electron chi connectivity index (χ4n) is 2.85. The van der Waals surface area contributed by atoms with Crippen molar-refractivity contribution in [1.29, 1.82) is 0 Å². The molecule has 0 spiro atoms. The average molecular weight is 381 g/mol. The highest BCUT2D eigenvalue weighted by molar-refractivity contribution is 5.93. The van der Waals surface area contributed by atoms with Crippen molar-refractivity contribution in [2.75, 3.05) is 32.1 Å². The van der Waals surface area contributed by atoms with Crippen molar-refractivity contribution in [2.24, 2.45) is 4.99 Å². The number of hydrogen-bond donors (Lipinski definition) is 2. The first-order valence-corrected chi connectivity index (χ1v) is 9.52. The van der Waals surface area contributed by atoms with Crippen molar-refractivity contribution in [3.8, 4) is 11.5 Å². The molecule has 0 saturated carbocycles. The predicted octanol–water partition coefficient (Wildman–Crippen LogP) is 3.36. The molecule has 3 aromatic rings. The van der Waals surface area contributed by atoms with E-state index in [0.29, 0.717) is 18.9 Å². The third-order valence-electron chi connectivity index (χ3n) is 4.12. The molecular weight excluding hydrogens is 354 g/mol. The number of nitrogens with zero attached hydrogens (tertiary/aromatic N) is 3. The Bertz CT molecular complexity index is 902. The van der Waals surface area contributed by atoms with E-state index in [1.807, 2.05) is 67.0 Å². The van der Waals surface area contributed by atoms with E-state index in [9.17, 15) is 0 Å². The number of methoxy groups -OCH3 is 1. The van der Waals surface area contributed by atoms with Gasteiger partial charge >= 0.3 is 0 Å². The Morgan fingerprint density at radius 3 is 2.82 bits per heavy atom. The molecule has 0 saturated heterocycles. The third-order valence-corrected chi connectivity index (χ3v) is 4.12. The second kappa shape index (κ2) is 9.64. The molecule has 0 aliphatic rings. The molecule has 0 fully saturated rings. The van der Waals surface area contributed by atoms with Gasteiger partial charge in [-0.3, -0.25) is 4.99 Å². The lowest BCUT2D eigenvalue weighted by Gasteiger charge is -2.14. The molecule has 28 heavy (non-hydrogen) atoms. The first kappa shape index (κ1) is 19.5. The van der Waals surface area contributed by atoms with Crippen LogP contribution in [0.15, 0.2) is 53.8 Å². The Kier molecular flexibility index (Phi) is 6.73. The first-order valence-electron chi connectivity index (χ1n) is 9.52. The lowest BCUT2D eigenvalue weighted by Crippen LogP contribution is -2.30. The van der Waals surface area contributed by atoms with Crippen molar-refractivity contribution < 1.29 is 9.47 Å². The number of pyridine rings is 1. The second-order valence-electron chi connectivity index (χ2n) is 6.13. The Balaban J connectivity index is 1.66. The van der Waals surface area contributed by atoms with E-state index in [-0.39, 0.29) is 0 Å². The van der Waals surface area contributed by atoms with Crippen molar-refractivity contribution >= 4 is 17.3 Å². The summed E-state index contributed by atoms with van der Waals surface area (Å²) in [6, 6.07) is 11.7. The molecular formula is C21H27N5O2. The van der Waals surface area contributed by atoms with Crippen LogP contribution in [0.3, 0.4) is 0 Å². The van der Waals surface area contributed by atoms with Crippen LogP contribution >= 0.6 is 0 Å². The number of fused-ring (bicyclic) bond motifs is 1. The zero-order valence-electron chi connectivity index (χ0n) is 16.6. The molecule has 0 amide bonds. The maximum Gasteiger partial charge on any atom is 0.195 e. The summed E-state index contributed by atoms with van der Waals surface area (Å²) >= 11 is 0. The molecule has 2 N–H and O–H groups in total. The van der Waals surface area contributed by atoms with Gasteiger partial charge in [0.1, 0.15) is 5.65 Å². The van der Waals surface area contributed by atoms with Crippen LogP contribution in [-0.2, 0) is 6.42 Å². The summed E-state index contributed by atoms with van der Waals surface area (Å²) in [4.78, 5) is 9.27. The van der Waals surface area contributed by atoms with Gasteiger partial charge in [-0.05, 0) is 38.1 Å². The second-order valence-corrected chi connectivity index (χ2v) is 6.13. The van der Waals surface area contributed by atoms with E-state index >= 15 is 0 Å².